The van der Waals surface area contributed by atoms with Crippen molar-refractivity contribution in [3.8, 4) is 10.6 Å². The molecule has 21 heavy (non-hydrogen) atoms. The first-order valence-electron chi connectivity index (χ1n) is 6.24. The molecule has 0 saturated heterocycles. The number of ether oxygens (including phenoxy) is 1. The van der Waals surface area contributed by atoms with Crippen LogP contribution in [0.3, 0.4) is 0 Å². The molecule has 6 nitrogen and oxygen atoms in total. The maximum atomic E-state index is 11.3. The van der Waals surface area contributed by atoms with Gasteiger partial charge in [-0.3, -0.25) is 0 Å². The molecule has 1 aromatic carbocycles. The molecule has 0 unspecified atom stereocenters. The van der Waals surface area contributed by atoms with Crippen LogP contribution in [0.2, 0.25) is 0 Å². The van der Waals surface area contributed by atoms with Crippen LogP contribution in [-0.2, 0) is 11.3 Å². The molecular formula is C14H12N4O2S. The quantitative estimate of drug-likeness (QED) is 0.691. The number of rotatable bonds is 4. The lowest BCUT2D eigenvalue weighted by Gasteiger charge is -1.96. The molecule has 0 fully saturated rings. The Bertz CT molecular complexity index is 751. The Hall–Kier alpha value is -2.54. The van der Waals surface area contributed by atoms with E-state index in [0.29, 0.717) is 6.54 Å². The first kappa shape index (κ1) is 13.4. The molecule has 2 heterocycles. The summed E-state index contributed by atoms with van der Waals surface area (Å²) in [5.41, 5.74) is 2.15. The van der Waals surface area contributed by atoms with Gasteiger partial charge in [0.1, 0.15) is 5.01 Å². The van der Waals surface area contributed by atoms with Gasteiger partial charge in [0, 0.05) is 10.9 Å². The Balaban J connectivity index is 1.76. The van der Waals surface area contributed by atoms with Gasteiger partial charge < -0.3 is 4.74 Å². The monoisotopic (exact) mass is 300 g/mol. The van der Waals surface area contributed by atoms with Crippen LogP contribution >= 0.6 is 11.3 Å². The Kier molecular flexibility index (Phi) is 3.74. The lowest BCUT2D eigenvalue weighted by atomic mass is 10.2. The number of carbonyl (C=O) groups is 1. The van der Waals surface area contributed by atoms with E-state index in [-0.39, 0.29) is 5.69 Å². The van der Waals surface area contributed by atoms with E-state index in [4.69, 9.17) is 0 Å². The van der Waals surface area contributed by atoms with Crippen molar-refractivity contribution < 1.29 is 9.53 Å². The van der Waals surface area contributed by atoms with E-state index in [1.165, 1.54) is 7.11 Å². The molecule has 2 aromatic heterocycles. The van der Waals surface area contributed by atoms with Crippen molar-refractivity contribution in [2.45, 2.75) is 6.54 Å². The summed E-state index contributed by atoms with van der Waals surface area (Å²) in [6, 6.07) is 9.98. The number of esters is 1. The molecule has 0 radical (unpaired) electrons. The number of hydrogen-bond acceptors (Lipinski definition) is 6. The minimum absolute atomic E-state index is 0.191. The van der Waals surface area contributed by atoms with Crippen LogP contribution in [0, 0.1) is 0 Å². The van der Waals surface area contributed by atoms with Gasteiger partial charge in [-0.15, -0.1) is 16.4 Å². The first-order valence-corrected chi connectivity index (χ1v) is 7.12. The number of thiazole rings is 1. The van der Waals surface area contributed by atoms with Crippen LogP contribution < -0.4 is 0 Å². The lowest BCUT2D eigenvalue weighted by Crippen LogP contribution is -2.02. The molecule has 0 aliphatic carbocycles. The SMILES string of the molecule is COC(=O)c1cn(Cc2csc(-c3ccccc3)n2)nn1. The van der Waals surface area contributed by atoms with Crippen molar-refractivity contribution in [3.63, 3.8) is 0 Å². The summed E-state index contributed by atoms with van der Waals surface area (Å²) in [4.78, 5) is 15.9. The fraction of sp³-hybridized carbons (Fsp3) is 0.143. The van der Waals surface area contributed by atoms with Gasteiger partial charge >= 0.3 is 5.97 Å². The van der Waals surface area contributed by atoms with Gasteiger partial charge in [0.05, 0.1) is 25.5 Å². The predicted octanol–water partition coefficient (Wildman–Crippen LogP) is 2.24. The molecule has 0 saturated carbocycles. The zero-order valence-corrected chi connectivity index (χ0v) is 12.1. The highest BCUT2D eigenvalue weighted by atomic mass is 32.1. The number of benzene rings is 1. The van der Waals surface area contributed by atoms with E-state index in [0.717, 1.165) is 16.3 Å². The minimum Gasteiger partial charge on any atom is -0.464 e. The largest absolute Gasteiger partial charge is 0.464 e. The molecule has 7 heteroatoms. The second-order valence-electron chi connectivity index (χ2n) is 4.30. The summed E-state index contributed by atoms with van der Waals surface area (Å²) in [7, 11) is 1.31. The first-order chi connectivity index (χ1) is 10.3. The van der Waals surface area contributed by atoms with E-state index in [9.17, 15) is 4.79 Å². The van der Waals surface area contributed by atoms with Crippen molar-refractivity contribution in [1.29, 1.82) is 0 Å². The Morgan fingerprint density at radius 1 is 1.33 bits per heavy atom. The number of nitrogens with zero attached hydrogens (tertiary/aromatic N) is 4. The summed E-state index contributed by atoms with van der Waals surface area (Å²) in [6.07, 6.45) is 1.55. The molecule has 0 aliphatic rings. The normalized spacial score (nSPS) is 10.5. The second-order valence-corrected chi connectivity index (χ2v) is 5.16. The summed E-state index contributed by atoms with van der Waals surface area (Å²) in [6.45, 7) is 0.466. The summed E-state index contributed by atoms with van der Waals surface area (Å²) in [5.74, 6) is -0.496. The van der Waals surface area contributed by atoms with Gasteiger partial charge in [-0.1, -0.05) is 35.5 Å². The van der Waals surface area contributed by atoms with Crippen LogP contribution in [-0.4, -0.2) is 33.1 Å². The lowest BCUT2D eigenvalue weighted by molar-refractivity contribution is 0.0594. The zero-order chi connectivity index (χ0) is 14.7. The van der Waals surface area contributed by atoms with Crippen LogP contribution in [0.15, 0.2) is 41.9 Å². The van der Waals surface area contributed by atoms with Gasteiger partial charge in [0.25, 0.3) is 0 Å². The smallest absolute Gasteiger partial charge is 0.360 e. The van der Waals surface area contributed by atoms with Crippen LogP contribution in [0.4, 0.5) is 0 Å². The highest BCUT2D eigenvalue weighted by Gasteiger charge is 2.11. The van der Waals surface area contributed by atoms with Gasteiger partial charge in [0.2, 0.25) is 0 Å². The van der Waals surface area contributed by atoms with Gasteiger partial charge in [-0.05, 0) is 0 Å². The zero-order valence-electron chi connectivity index (χ0n) is 11.3. The van der Waals surface area contributed by atoms with Gasteiger partial charge in [-0.2, -0.15) is 0 Å². The Morgan fingerprint density at radius 3 is 2.90 bits per heavy atom. The number of hydrogen-bond donors (Lipinski definition) is 0. The fourth-order valence-corrected chi connectivity index (χ4v) is 2.65. The molecule has 0 N–H and O–H groups in total. The third kappa shape index (κ3) is 2.97. The van der Waals surface area contributed by atoms with Gasteiger partial charge in [0.15, 0.2) is 5.69 Å². The van der Waals surface area contributed by atoms with Crippen LogP contribution in [0.25, 0.3) is 10.6 Å². The molecule has 3 rings (SSSR count). The van der Waals surface area contributed by atoms with Crippen LogP contribution in [0.5, 0.6) is 0 Å². The molecular weight excluding hydrogens is 288 g/mol. The standard InChI is InChI=1S/C14H12N4O2S/c1-20-14(19)12-8-18(17-16-12)7-11-9-21-13(15-11)10-5-3-2-4-6-10/h2-6,8-9H,7H2,1H3. The number of aromatic nitrogens is 4. The number of carbonyl (C=O) groups excluding carboxylic acids is 1. The number of methoxy groups -OCH3 is 1. The fourth-order valence-electron chi connectivity index (χ4n) is 1.83. The van der Waals surface area contributed by atoms with Crippen molar-refractivity contribution in [3.05, 3.63) is 53.3 Å². The van der Waals surface area contributed by atoms with Crippen molar-refractivity contribution >= 4 is 17.3 Å². The Labute approximate surface area is 125 Å². The summed E-state index contributed by atoms with van der Waals surface area (Å²) >= 11 is 1.58. The topological polar surface area (TPSA) is 69.9 Å². The average Bonchev–Trinajstić information content (AvgIpc) is 3.17. The molecule has 0 amide bonds. The van der Waals surface area contributed by atoms with Gasteiger partial charge in [-0.25, -0.2) is 14.5 Å². The van der Waals surface area contributed by atoms with Crippen molar-refractivity contribution in [1.82, 2.24) is 20.0 Å². The molecule has 0 atom stereocenters. The molecule has 0 spiro atoms. The highest BCUT2D eigenvalue weighted by Crippen LogP contribution is 2.23. The van der Waals surface area contributed by atoms with E-state index in [1.807, 2.05) is 35.7 Å². The molecule has 0 aliphatic heterocycles. The average molecular weight is 300 g/mol. The van der Waals surface area contributed by atoms with Crippen molar-refractivity contribution in [2.75, 3.05) is 7.11 Å². The van der Waals surface area contributed by atoms with E-state index in [1.54, 1.807) is 22.2 Å². The second kappa shape index (κ2) is 5.84. The van der Waals surface area contributed by atoms with E-state index in [2.05, 4.69) is 20.0 Å². The summed E-state index contributed by atoms with van der Waals surface area (Å²) < 4.78 is 6.16. The Morgan fingerprint density at radius 2 is 2.14 bits per heavy atom. The van der Waals surface area contributed by atoms with E-state index >= 15 is 0 Å². The predicted molar refractivity (Wildman–Crippen MR) is 78.0 cm³/mol. The maximum Gasteiger partial charge on any atom is 0.360 e. The highest BCUT2D eigenvalue weighted by molar-refractivity contribution is 7.13. The van der Waals surface area contributed by atoms with E-state index < -0.39 is 5.97 Å². The molecule has 3 aromatic rings. The summed E-state index contributed by atoms with van der Waals surface area (Å²) in [5, 5.41) is 10.6. The minimum atomic E-state index is -0.496. The molecule has 0 bridgehead atoms. The maximum absolute atomic E-state index is 11.3. The third-order valence-electron chi connectivity index (χ3n) is 2.83. The third-order valence-corrected chi connectivity index (χ3v) is 3.77. The molecule has 106 valence electrons. The van der Waals surface area contributed by atoms with Crippen LogP contribution in [0.1, 0.15) is 16.2 Å². The van der Waals surface area contributed by atoms with Crippen molar-refractivity contribution in [2.24, 2.45) is 0 Å².